The van der Waals surface area contributed by atoms with Crippen molar-refractivity contribution in [2.45, 2.75) is 19.4 Å². The van der Waals surface area contributed by atoms with Crippen LogP contribution in [-0.4, -0.2) is 31.3 Å². The van der Waals surface area contributed by atoms with Gasteiger partial charge in [0, 0.05) is 10.0 Å². The van der Waals surface area contributed by atoms with Gasteiger partial charge in [0.15, 0.2) is 5.82 Å². The van der Waals surface area contributed by atoms with E-state index in [1.807, 2.05) is 0 Å². The van der Waals surface area contributed by atoms with Crippen molar-refractivity contribution in [2.75, 3.05) is 0 Å². The molecule has 1 N–H and O–H groups in total. The number of carboxylic acids is 1. The van der Waals surface area contributed by atoms with Crippen LogP contribution in [0.25, 0.3) is 11.4 Å². The first-order chi connectivity index (χ1) is 8.99. The average Bonchev–Trinajstić information content (AvgIpc) is 2.81. The van der Waals surface area contributed by atoms with Crippen molar-refractivity contribution in [3.05, 3.63) is 27.7 Å². The second-order valence-corrected chi connectivity index (χ2v) is 5.28. The monoisotopic (exact) mass is 344 g/mol. The van der Waals surface area contributed by atoms with Gasteiger partial charge in [-0.05, 0) is 51.5 Å². The van der Waals surface area contributed by atoms with E-state index >= 15 is 0 Å². The molecule has 2 aromatic rings. The van der Waals surface area contributed by atoms with E-state index in [1.165, 1.54) is 4.68 Å². The van der Waals surface area contributed by atoms with Gasteiger partial charge in [0.25, 0.3) is 0 Å². The molecule has 6 nitrogen and oxygen atoms in total. The van der Waals surface area contributed by atoms with Gasteiger partial charge in [0.1, 0.15) is 0 Å². The van der Waals surface area contributed by atoms with E-state index in [4.69, 9.17) is 16.7 Å². The third-order valence-electron chi connectivity index (χ3n) is 2.56. The minimum atomic E-state index is -0.897. The Labute approximate surface area is 122 Å². The summed E-state index contributed by atoms with van der Waals surface area (Å²) in [6.45, 7) is 1.75. The maximum Gasteiger partial charge on any atom is 0.305 e. The predicted octanol–water partition coefficient (Wildman–Crippen LogP) is 2.79. The van der Waals surface area contributed by atoms with Crippen molar-refractivity contribution in [1.29, 1.82) is 0 Å². The first-order valence-electron chi connectivity index (χ1n) is 5.44. The van der Waals surface area contributed by atoms with Crippen molar-refractivity contribution in [3.63, 3.8) is 0 Å². The van der Waals surface area contributed by atoms with Crippen LogP contribution in [0.4, 0.5) is 0 Å². The van der Waals surface area contributed by atoms with Crippen LogP contribution in [-0.2, 0) is 4.79 Å². The van der Waals surface area contributed by atoms with Gasteiger partial charge >= 0.3 is 5.97 Å². The van der Waals surface area contributed by atoms with E-state index in [2.05, 4.69) is 31.5 Å². The Kier molecular flexibility index (Phi) is 4.16. The summed E-state index contributed by atoms with van der Waals surface area (Å²) >= 11 is 9.26. The molecule has 19 heavy (non-hydrogen) atoms. The molecule has 100 valence electrons. The second-order valence-electron chi connectivity index (χ2n) is 4.02. The second kappa shape index (κ2) is 5.66. The lowest BCUT2D eigenvalue weighted by molar-refractivity contribution is -0.137. The molecule has 0 fully saturated rings. The topological polar surface area (TPSA) is 80.9 Å². The molecule has 0 aliphatic heterocycles. The molecule has 0 amide bonds. The lowest BCUT2D eigenvalue weighted by Gasteiger charge is -2.11. The molecule has 1 aromatic heterocycles. The van der Waals surface area contributed by atoms with Gasteiger partial charge in [-0.15, -0.1) is 5.10 Å². The van der Waals surface area contributed by atoms with E-state index < -0.39 is 5.97 Å². The highest BCUT2D eigenvalue weighted by Gasteiger charge is 2.17. The highest BCUT2D eigenvalue weighted by atomic mass is 79.9. The maximum atomic E-state index is 10.7. The first-order valence-corrected chi connectivity index (χ1v) is 6.61. The molecule has 0 spiro atoms. The van der Waals surface area contributed by atoms with Crippen LogP contribution in [0.3, 0.4) is 0 Å². The molecule has 1 heterocycles. The van der Waals surface area contributed by atoms with Gasteiger partial charge in [0.2, 0.25) is 0 Å². The molecule has 0 saturated carbocycles. The number of benzene rings is 1. The first kappa shape index (κ1) is 14.0. The minimum Gasteiger partial charge on any atom is -0.481 e. The Bertz CT molecular complexity index is 616. The summed E-state index contributed by atoms with van der Waals surface area (Å²) in [5.74, 6) is -0.391. The van der Waals surface area contributed by atoms with Crippen LogP contribution in [0.15, 0.2) is 22.7 Å². The van der Waals surface area contributed by atoms with Crippen LogP contribution in [0.5, 0.6) is 0 Å². The number of nitrogens with zero attached hydrogens (tertiary/aromatic N) is 4. The highest BCUT2D eigenvalue weighted by Crippen LogP contribution is 2.28. The fraction of sp³-hybridized carbons (Fsp3) is 0.273. The van der Waals surface area contributed by atoms with Crippen molar-refractivity contribution < 1.29 is 9.90 Å². The highest BCUT2D eigenvalue weighted by molar-refractivity contribution is 9.10. The van der Waals surface area contributed by atoms with Crippen molar-refractivity contribution >= 4 is 33.5 Å². The van der Waals surface area contributed by atoms with E-state index in [1.54, 1.807) is 25.1 Å². The zero-order chi connectivity index (χ0) is 14.0. The van der Waals surface area contributed by atoms with Crippen LogP contribution in [0.2, 0.25) is 5.02 Å². The molecule has 0 bridgehead atoms. The summed E-state index contributed by atoms with van der Waals surface area (Å²) in [7, 11) is 0. The third kappa shape index (κ3) is 3.10. The van der Waals surface area contributed by atoms with Gasteiger partial charge < -0.3 is 5.11 Å². The number of hydrogen-bond donors (Lipinski definition) is 1. The average molecular weight is 346 g/mol. The minimum absolute atomic E-state index is 0.0488. The predicted molar refractivity (Wildman–Crippen MR) is 72.9 cm³/mol. The molecule has 1 aromatic carbocycles. The lowest BCUT2D eigenvalue weighted by Crippen LogP contribution is -2.13. The number of aliphatic carboxylic acids is 1. The molecule has 2 rings (SSSR count). The molecule has 1 unspecified atom stereocenters. The zero-order valence-electron chi connectivity index (χ0n) is 9.92. The largest absolute Gasteiger partial charge is 0.481 e. The fourth-order valence-electron chi connectivity index (χ4n) is 1.65. The standard InChI is InChI=1S/C11H10BrClN4O2/c1-6(4-10(18)19)17-11(14-15-16-17)7-2-3-9(13)8(12)5-7/h2-3,5-6H,4H2,1H3,(H,18,19). The normalized spacial score (nSPS) is 12.4. The summed E-state index contributed by atoms with van der Waals surface area (Å²) < 4.78 is 2.22. The van der Waals surface area contributed by atoms with Gasteiger partial charge in [0.05, 0.1) is 17.5 Å². The van der Waals surface area contributed by atoms with Crippen LogP contribution >= 0.6 is 27.5 Å². The number of aromatic nitrogens is 4. The Balaban J connectivity index is 2.38. The van der Waals surface area contributed by atoms with E-state index in [0.29, 0.717) is 10.8 Å². The quantitative estimate of drug-likeness (QED) is 0.921. The Morgan fingerprint density at radius 1 is 1.58 bits per heavy atom. The summed E-state index contributed by atoms with van der Waals surface area (Å²) in [4.78, 5) is 10.7. The third-order valence-corrected chi connectivity index (χ3v) is 3.77. The van der Waals surface area contributed by atoms with E-state index in [-0.39, 0.29) is 12.5 Å². The van der Waals surface area contributed by atoms with Crippen molar-refractivity contribution in [3.8, 4) is 11.4 Å². The number of tetrazole rings is 1. The van der Waals surface area contributed by atoms with Crippen molar-refractivity contribution in [2.24, 2.45) is 0 Å². The van der Waals surface area contributed by atoms with Crippen LogP contribution < -0.4 is 0 Å². The SMILES string of the molecule is CC(CC(=O)O)n1nnnc1-c1ccc(Cl)c(Br)c1. The van der Waals surface area contributed by atoms with Gasteiger partial charge in [-0.2, -0.15) is 0 Å². The Morgan fingerprint density at radius 3 is 2.95 bits per heavy atom. The van der Waals surface area contributed by atoms with Gasteiger partial charge in [-0.3, -0.25) is 4.79 Å². The van der Waals surface area contributed by atoms with Gasteiger partial charge in [-0.25, -0.2) is 4.68 Å². The molecule has 0 saturated heterocycles. The number of carbonyl (C=O) groups is 1. The number of hydrogen-bond acceptors (Lipinski definition) is 4. The summed E-state index contributed by atoms with van der Waals surface area (Å²) in [6, 6.07) is 4.96. The Hall–Kier alpha value is -1.47. The molecule has 0 radical (unpaired) electrons. The summed E-state index contributed by atoms with van der Waals surface area (Å²) in [5, 5.41) is 20.8. The lowest BCUT2D eigenvalue weighted by atomic mass is 10.2. The molecule has 1 atom stereocenters. The van der Waals surface area contributed by atoms with E-state index in [9.17, 15) is 4.79 Å². The van der Waals surface area contributed by atoms with E-state index in [0.717, 1.165) is 10.0 Å². The van der Waals surface area contributed by atoms with Gasteiger partial charge in [-0.1, -0.05) is 11.6 Å². The summed E-state index contributed by atoms with van der Waals surface area (Å²) in [6.07, 6.45) is -0.0488. The molecule has 8 heteroatoms. The smallest absolute Gasteiger partial charge is 0.305 e. The number of carboxylic acid groups (broad SMARTS) is 1. The number of rotatable bonds is 4. The Morgan fingerprint density at radius 2 is 2.32 bits per heavy atom. The summed E-state index contributed by atoms with van der Waals surface area (Å²) in [5.41, 5.74) is 0.763. The molecular weight excluding hydrogens is 336 g/mol. The van der Waals surface area contributed by atoms with Crippen LogP contribution in [0, 0.1) is 0 Å². The molecular formula is C11H10BrClN4O2. The maximum absolute atomic E-state index is 10.7. The number of halogens is 2. The zero-order valence-corrected chi connectivity index (χ0v) is 12.3. The molecule has 0 aliphatic rings. The molecule has 0 aliphatic carbocycles. The van der Waals surface area contributed by atoms with Crippen LogP contribution in [0.1, 0.15) is 19.4 Å². The van der Waals surface area contributed by atoms with Crippen molar-refractivity contribution in [1.82, 2.24) is 20.2 Å². The fourth-order valence-corrected chi connectivity index (χ4v) is 2.15.